The maximum atomic E-state index is 5.36. The molecule has 1 aromatic heterocycles. The summed E-state index contributed by atoms with van der Waals surface area (Å²) in [5, 5.41) is 4.49. The normalized spacial score (nSPS) is 19.9. The third kappa shape index (κ3) is 4.07. The predicted molar refractivity (Wildman–Crippen MR) is 78.2 cm³/mol. The SMILES string of the molecule is COCCC1(Cn2nccc2C)CCCCCCC1. The van der Waals surface area contributed by atoms with Crippen LogP contribution in [0.15, 0.2) is 12.3 Å². The van der Waals surface area contributed by atoms with E-state index in [0.717, 1.165) is 13.2 Å². The molecule has 1 aromatic rings. The lowest BCUT2D eigenvalue weighted by atomic mass is 9.74. The number of aromatic nitrogens is 2. The molecule has 1 fully saturated rings. The van der Waals surface area contributed by atoms with Gasteiger partial charge in [0.15, 0.2) is 0 Å². The van der Waals surface area contributed by atoms with Crippen LogP contribution in [0.2, 0.25) is 0 Å². The first-order chi connectivity index (χ1) is 9.26. The van der Waals surface area contributed by atoms with E-state index in [0.29, 0.717) is 5.41 Å². The topological polar surface area (TPSA) is 27.1 Å². The Morgan fingerprint density at radius 2 is 1.89 bits per heavy atom. The Hall–Kier alpha value is -0.830. The first-order valence-corrected chi connectivity index (χ1v) is 7.73. The number of nitrogens with zero attached hydrogens (tertiary/aromatic N) is 2. The van der Waals surface area contributed by atoms with Crippen LogP contribution >= 0.6 is 0 Å². The summed E-state index contributed by atoms with van der Waals surface area (Å²) >= 11 is 0. The summed E-state index contributed by atoms with van der Waals surface area (Å²) in [6.07, 6.45) is 12.7. The first kappa shape index (κ1) is 14.6. The Labute approximate surface area is 117 Å². The summed E-state index contributed by atoms with van der Waals surface area (Å²) in [5.74, 6) is 0. The molecule has 1 heterocycles. The van der Waals surface area contributed by atoms with Gasteiger partial charge in [-0.05, 0) is 37.7 Å². The summed E-state index contributed by atoms with van der Waals surface area (Å²) < 4.78 is 7.55. The van der Waals surface area contributed by atoms with E-state index in [2.05, 4.69) is 22.8 Å². The van der Waals surface area contributed by atoms with Crippen molar-refractivity contribution in [1.82, 2.24) is 9.78 Å². The van der Waals surface area contributed by atoms with Gasteiger partial charge >= 0.3 is 0 Å². The molecule has 0 amide bonds. The zero-order chi connectivity index (χ0) is 13.6. The van der Waals surface area contributed by atoms with Crippen LogP contribution in [0.1, 0.15) is 57.1 Å². The molecule has 0 N–H and O–H groups in total. The van der Waals surface area contributed by atoms with E-state index in [1.165, 1.54) is 57.1 Å². The molecule has 0 bridgehead atoms. The minimum absolute atomic E-state index is 0.396. The highest BCUT2D eigenvalue weighted by Crippen LogP contribution is 2.39. The minimum atomic E-state index is 0.396. The van der Waals surface area contributed by atoms with E-state index in [1.54, 1.807) is 0 Å². The van der Waals surface area contributed by atoms with E-state index < -0.39 is 0 Å². The van der Waals surface area contributed by atoms with Crippen LogP contribution in [0, 0.1) is 12.3 Å². The van der Waals surface area contributed by atoms with Crippen molar-refractivity contribution in [3.8, 4) is 0 Å². The fourth-order valence-corrected chi connectivity index (χ4v) is 3.34. The highest BCUT2D eigenvalue weighted by molar-refractivity contribution is 4.98. The van der Waals surface area contributed by atoms with Crippen LogP contribution in [0.4, 0.5) is 0 Å². The Balaban J connectivity index is 2.09. The third-order valence-electron chi connectivity index (χ3n) is 4.66. The van der Waals surface area contributed by atoms with Crippen molar-refractivity contribution in [2.24, 2.45) is 5.41 Å². The van der Waals surface area contributed by atoms with Crippen LogP contribution in [0.25, 0.3) is 0 Å². The van der Waals surface area contributed by atoms with Crippen LogP contribution in [0.5, 0.6) is 0 Å². The minimum Gasteiger partial charge on any atom is -0.385 e. The second-order valence-electron chi connectivity index (χ2n) is 6.14. The van der Waals surface area contributed by atoms with E-state index in [-0.39, 0.29) is 0 Å². The van der Waals surface area contributed by atoms with E-state index in [1.807, 2.05) is 13.3 Å². The van der Waals surface area contributed by atoms with Crippen molar-refractivity contribution in [2.45, 2.75) is 64.8 Å². The first-order valence-electron chi connectivity index (χ1n) is 7.73. The van der Waals surface area contributed by atoms with Gasteiger partial charge in [-0.15, -0.1) is 0 Å². The summed E-state index contributed by atoms with van der Waals surface area (Å²) in [6.45, 7) is 4.09. The number of rotatable bonds is 5. The molecule has 1 aliphatic rings. The zero-order valence-corrected chi connectivity index (χ0v) is 12.5. The van der Waals surface area contributed by atoms with Crippen LogP contribution in [0.3, 0.4) is 0 Å². The molecule has 0 unspecified atom stereocenters. The molecule has 108 valence electrons. The Morgan fingerprint density at radius 1 is 1.21 bits per heavy atom. The molecule has 1 saturated carbocycles. The average Bonchev–Trinajstić information content (AvgIpc) is 2.77. The van der Waals surface area contributed by atoms with Gasteiger partial charge in [0.1, 0.15) is 0 Å². The summed E-state index contributed by atoms with van der Waals surface area (Å²) in [7, 11) is 1.82. The second kappa shape index (κ2) is 7.09. The van der Waals surface area contributed by atoms with Gasteiger partial charge in [-0.3, -0.25) is 4.68 Å². The third-order valence-corrected chi connectivity index (χ3v) is 4.66. The van der Waals surface area contributed by atoms with Gasteiger partial charge in [-0.1, -0.05) is 32.1 Å². The van der Waals surface area contributed by atoms with Gasteiger partial charge in [-0.2, -0.15) is 5.10 Å². The van der Waals surface area contributed by atoms with E-state index in [4.69, 9.17) is 4.74 Å². The van der Waals surface area contributed by atoms with Crippen LogP contribution < -0.4 is 0 Å². The zero-order valence-electron chi connectivity index (χ0n) is 12.5. The van der Waals surface area contributed by atoms with Gasteiger partial charge in [-0.25, -0.2) is 0 Å². The van der Waals surface area contributed by atoms with Gasteiger partial charge in [0.25, 0.3) is 0 Å². The van der Waals surface area contributed by atoms with Crippen molar-refractivity contribution in [2.75, 3.05) is 13.7 Å². The lowest BCUT2D eigenvalue weighted by Gasteiger charge is -2.36. The van der Waals surface area contributed by atoms with Crippen molar-refractivity contribution in [3.63, 3.8) is 0 Å². The molecule has 0 saturated heterocycles. The highest BCUT2D eigenvalue weighted by atomic mass is 16.5. The molecular weight excluding hydrogens is 236 g/mol. The number of methoxy groups -OCH3 is 1. The van der Waals surface area contributed by atoms with Crippen molar-refractivity contribution < 1.29 is 4.74 Å². The molecule has 3 nitrogen and oxygen atoms in total. The van der Waals surface area contributed by atoms with Gasteiger partial charge < -0.3 is 4.74 Å². The number of aryl methyl sites for hydroxylation is 1. The molecule has 0 aromatic carbocycles. The fraction of sp³-hybridized carbons (Fsp3) is 0.812. The van der Waals surface area contributed by atoms with Gasteiger partial charge in [0.05, 0.1) is 0 Å². The summed E-state index contributed by atoms with van der Waals surface area (Å²) in [4.78, 5) is 0. The molecule has 3 heteroatoms. The molecule has 0 aliphatic heterocycles. The monoisotopic (exact) mass is 264 g/mol. The maximum absolute atomic E-state index is 5.36. The molecule has 1 aliphatic carbocycles. The molecule has 2 rings (SSSR count). The Bertz CT molecular complexity index is 359. The van der Waals surface area contributed by atoms with Crippen molar-refractivity contribution in [1.29, 1.82) is 0 Å². The Morgan fingerprint density at radius 3 is 2.47 bits per heavy atom. The smallest absolute Gasteiger partial charge is 0.0492 e. The molecule has 0 radical (unpaired) electrons. The van der Waals surface area contributed by atoms with Gasteiger partial charge in [0.2, 0.25) is 0 Å². The lowest BCUT2D eigenvalue weighted by molar-refractivity contribution is 0.0923. The van der Waals surface area contributed by atoms with Crippen LogP contribution in [-0.4, -0.2) is 23.5 Å². The summed E-state index contributed by atoms with van der Waals surface area (Å²) in [6, 6.07) is 2.10. The number of ether oxygens (including phenoxy) is 1. The van der Waals surface area contributed by atoms with Crippen molar-refractivity contribution >= 4 is 0 Å². The molecular formula is C16H28N2O. The Kier molecular flexibility index (Phi) is 5.44. The molecule has 0 atom stereocenters. The van der Waals surface area contributed by atoms with Gasteiger partial charge in [0, 0.05) is 32.2 Å². The molecule has 19 heavy (non-hydrogen) atoms. The van der Waals surface area contributed by atoms with E-state index >= 15 is 0 Å². The van der Waals surface area contributed by atoms with Crippen LogP contribution in [-0.2, 0) is 11.3 Å². The fourth-order valence-electron chi connectivity index (χ4n) is 3.34. The highest BCUT2D eigenvalue weighted by Gasteiger charge is 2.31. The van der Waals surface area contributed by atoms with Crippen molar-refractivity contribution in [3.05, 3.63) is 18.0 Å². The molecule has 0 spiro atoms. The average molecular weight is 264 g/mol. The predicted octanol–water partition coefficient (Wildman–Crippen LogP) is 3.96. The quantitative estimate of drug-likeness (QED) is 0.805. The standard InChI is InChI=1S/C16H28N2O/c1-15-8-12-17-18(15)14-16(11-13-19-2)9-6-4-3-5-7-10-16/h8,12H,3-7,9-11,13-14H2,1-2H3. The number of hydrogen-bond donors (Lipinski definition) is 0. The number of hydrogen-bond acceptors (Lipinski definition) is 2. The van der Waals surface area contributed by atoms with E-state index in [9.17, 15) is 0 Å². The summed E-state index contributed by atoms with van der Waals surface area (Å²) in [5.41, 5.74) is 1.67. The maximum Gasteiger partial charge on any atom is 0.0492 e. The second-order valence-corrected chi connectivity index (χ2v) is 6.14. The largest absolute Gasteiger partial charge is 0.385 e. The lowest BCUT2D eigenvalue weighted by Crippen LogP contribution is -2.30.